The largest absolute Gasteiger partial charge is 1.00 e. The Balaban J connectivity index is -0.00000144. The van der Waals surface area contributed by atoms with Crippen LogP contribution in [0, 0.1) is 0 Å². The van der Waals surface area contributed by atoms with Gasteiger partial charge in [-0.15, -0.1) is 0 Å². The summed E-state index contributed by atoms with van der Waals surface area (Å²) >= 11 is 0. The van der Waals surface area contributed by atoms with Crippen molar-refractivity contribution in [1.82, 2.24) is 0 Å². The Kier molecular flexibility index (Phi) is 25.6. The van der Waals surface area contributed by atoms with Gasteiger partial charge in [-0.3, -0.25) is 0 Å². The van der Waals surface area contributed by atoms with Gasteiger partial charge in [0, 0.05) is 0 Å². The first-order valence-electron chi connectivity index (χ1n) is 6.14. The molecule has 0 aliphatic heterocycles. The van der Waals surface area contributed by atoms with Gasteiger partial charge in [0.15, 0.2) is 0 Å². The molecule has 0 atom stereocenters. The molecule has 0 radical (unpaired) electrons. The minimum atomic E-state index is -4.92. The second-order valence-electron chi connectivity index (χ2n) is 3.76. The zero-order valence-electron chi connectivity index (χ0n) is 12.7. The third kappa shape index (κ3) is 25.0. The molecule has 7 nitrogen and oxygen atoms in total. The molecule has 0 saturated carbocycles. The molecule has 0 aliphatic rings. The summed E-state index contributed by atoms with van der Waals surface area (Å²) in [5, 5.41) is 4.30. The number of phosphoric ester groups is 1. The van der Waals surface area contributed by atoms with E-state index in [9.17, 15) is 14.4 Å². The van der Waals surface area contributed by atoms with Gasteiger partial charge in [0.1, 0.15) is 6.61 Å². The van der Waals surface area contributed by atoms with Crippen molar-refractivity contribution in [3.05, 3.63) is 0 Å². The van der Waals surface area contributed by atoms with Crippen molar-refractivity contribution in [2.45, 2.75) is 45.4 Å². The van der Waals surface area contributed by atoms with Crippen molar-refractivity contribution in [3.63, 3.8) is 0 Å². The van der Waals surface area contributed by atoms with E-state index in [0.29, 0.717) is 6.61 Å². The average molecular weight is 330 g/mol. The number of unbranched alkanes of at least 4 members (excludes halogenated alkanes) is 5. The van der Waals surface area contributed by atoms with Crippen LogP contribution in [-0.4, -0.2) is 19.8 Å². The van der Waals surface area contributed by atoms with Crippen LogP contribution in [0.1, 0.15) is 45.4 Å². The van der Waals surface area contributed by atoms with Crippen molar-refractivity contribution in [1.29, 1.82) is 0 Å². The molecule has 0 rings (SSSR count). The fourth-order valence-corrected chi connectivity index (χ4v) is 1.52. The van der Waals surface area contributed by atoms with Crippen LogP contribution in [0.2, 0.25) is 0 Å². The summed E-state index contributed by atoms with van der Waals surface area (Å²) in [6.07, 6.45) is 6.82. The molecular weight excluding hydrogens is 309 g/mol. The predicted molar refractivity (Wildman–Crippen MR) is 59.9 cm³/mol. The zero-order valence-corrected chi connectivity index (χ0v) is 17.6. The van der Waals surface area contributed by atoms with E-state index in [1.165, 1.54) is 25.7 Å². The summed E-state index contributed by atoms with van der Waals surface area (Å²) in [6, 6.07) is 0. The Bertz CT molecular complexity index is 228. The van der Waals surface area contributed by atoms with E-state index in [-0.39, 0.29) is 72.3 Å². The third-order valence-corrected chi connectivity index (χ3v) is 2.59. The van der Waals surface area contributed by atoms with Crippen LogP contribution in [-0.2, 0) is 23.9 Å². The Hall–Kier alpha value is 1.99. The van der Waals surface area contributed by atoms with E-state index in [1.807, 2.05) is 0 Å². The fraction of sp³-hybridized carbons (Fsp3) is 1.00. The van der Waals surface area contributed by atoms with Crippen LogP contribution >= 0.6 is 7.82 Å². The van der Waals surface area contributed by atoms with Gasteiger partial charge in [-0.1, -0.05) is 44.1 Å². The normalized spacial score (nSPS) is 10.8. The number of hydrogen-bond acceptors (Lipinski definition) is 7. The van der Waals surface area contributed by atoms with Gasteiger partial charge in [-0.25, -0.2) is 9.78 Å². The maximum absolute atomic E-state index is 10.0. The molecule has 0 aromatic rings. The molecule has 0 N–H and O–H groups in total. The first-order valence-corrected chi connectivity index (χ1v) is 7.60. The van der Waals surface area contributed by atoms with Crippen molar-refractivity contribution < 1.29 is 92.8 Å². The van der Waals surface area contributed by atoms with Gasteiger partial charge < -0.3 is 18.9 Å². The minimum Gasteiger partial charge on any atom is -0.790 e. The van der Waals surface area contributed by atoms with Crippen LogP contribution in [0.15, 0.2) is 0 Å². The van der Waals surface area contributed by atoms with Gasteiger partial charge in [0.25, 0.3) is 0 Å². The van der Waals surface area contributed by atoms with Gasteiger partial charge >= 0.3 is 59.1 Å². The summed E-state index contributed by atoms with van der Waals surface area (Å²) < 4.78 is 13.9. The van der Waals surface area contributed by atoms with Crippen LogP contribution < -0.4 is 68.9 Å². The Morgan fingerprint density at radius 2 is 1.40 bits per heavy atom. The summed E-state index contributed by atoms with van der Waals surface area (Å²) in [5.74, 6) is 0. The van der Waals surface area contributed by atoms with Crippen LogP contribution in [0.4, 0.5) is 0 Å². The van der Waals surface area contributed by atoms with Crippen LogP contribution in [0.3, 0.4) is 0 Å². The Morgan fingerprint density at radius 1 is 0.850 bits per heavy atom. The van der Waals surface area contributed by atoms with E-state index in [4.69, 9.17) is 0 Å². The van der Waals surface area contributed by atoms with Crippen molar-refractivity contribution in [2.75, 3.05) is 19.8 Å². The summed E-state index contributed by atoms with van der Waals surface area (Å²) in [5.41, 5.74) is 0. The first kappa shape index (κ1) is 26.9. The van der Waals surface area contributed by atoms with E-state index in [2.05, 4.69) is 26.3 Å². The van der Waals surface area contributed by atoms with E-state index in [0.717, 1.165) is 12.8 Å². The average Bonchev–Trinajstić information content (AvgIpc) is 2.29. The summed E-state index contributed by atoms with van der Waals surface area (Å²) in [4.78, 5) is 29.2. The standard InChI is InChI=1S/C10H23O7P.2Na/c1-2-3-4-5-6-7-8-14-17-15-9-10-16-18(11,12)13;;/h2-10H2,1H3,(H2,11,12,13);;/q;2*+1/p-2. The fourth-order valence-electron chi connectivity index (χ4n) is 1.23. The Labute approximate surface area is 164 Å². The molecule has 0 unspecified atom stereocenters. The summed E-state index contributed by atoms with van der Waals surface area (Å²) in [6.45, 7) is 2.00. The second-order valence-corrected chi connectivity index (χ2v) is 4.91. The van der Waals surface area contributed by atoms with Gasteiger partial charge in [0.05, 0.1) is 21.0 Å². The van der Waals surface area contributed by atoms with Crippen molar-refractivity contribution >= 4 is 7.82 Å². The maximum Gasteiger partial charge on any atom is 1.00 e. The SMILES string of the molecule is CCCCCCCCOOOCCOP(=O)([O-])[O-].[Na+].[Na+]. The minimum absolute atomic E-state index is 0. The number of phosphoric acid groups is 1. The number of hydrogen-bond donors (Lipinski definition) is 0. The van der Waals surface area contributed by atoms with Crippen molar-refractivity contribution in [3.8, 4) is 0 Å². The molecule has 0 spiro atoms. The smallest absolute Gasteiger partial charge is 0.790 e. The quantitative estimate of drug-likeness (QED) is 0.110. The molecule has 20 heavy (non-hydrogen) atoms. The zero-order chi connectivity index (χ0) is 13.7. The molecular formula is C10H21Na2O7P. The predicted octanol–water partition coefficient (Wildman–Crippen LogP) is -4.92. The monoisotopic (exact) mass is 330 g/mol. The first-order chi connectivity index (χ1) is 8.56. The molecule has 0 fully saturated rings. The molecule has 0 aromatic heterocycles. The molecule has 0 heterocycles. The van der Waals surface area contributed by atoms with E-state index >= 15 is 0 Å². The molecule has 0 aromatic carbocycles. The van der Waals surface area contributed by atoms with Crippen LogP contribution in [0.25, 0.3) is 0 Å². The van der Waals surface area contributed by atoms with Gasteiger partial charge in [-0.2, -0.15) is 0 Å². The molecule has 110 valence electrons. The van der Waals surface area contributed by atoms with E-state index < -0.39 is 7.82 Å². The second kappa shape index (κ2) is 19.0. The maximum atomic E-state index is 10.0. The molecule has 0 saturated heterocycles. The van der Waals surface area contributed by atoms with Gasteiger partial charge in [0.2, 0.25) is 0 Å². The molecule has 0 bridgehead atoms. The molecule has 10 heteroatoms. The summed E-state index contributed by atoms with van der Waals surface area (Å²) in [7, 11) is -4.92. The topological polar surface area (TPSA) is 100 Å². The third-order valence-electron chi connectivity index (χ3n) is 2.09. The van der Waals surface area contributed by atoms with Gasteiger partial charge in [-0.05, 0) is 6.42 Å². The van der Waals surface area contributed by atoms with Crippen molar-refractivity contribution in [2.24, 2.45) is 0 Å². The molecule has 0 aliphatic carbocycles. The number of rotatable bonds is 13. The van der Waals surface area contributed by atoms with Crippen LogP contribution in [0.5, 0.6) is 0 Å². The van der Waals surface area contributed by atoms with E-state index in [1.54, 1.807) is 0 Å². The molecule has 0 amide bonds. The Morgan fingerprint density at radius 3 is 2.00 bits per heavy atom.